The van der Waals surface area contributed by atoms with E-state index in [2.05, 4.69) is 4.99 Å². The monoisotopic (exact) mass is 400 g/mol. The van der Waals surface area contributed by atoms with Crippen molar-refractivity contribution < 1.29 is 23.4 Å². The number of aliphatic imine (C=N–C) groups is 1. The number of ether oxygens (including phenoxy) is 3. The van der Waals surface area contributed by atoms with Gasteiger partial charge in [0, 0.05) is 13.2 Å². The molecule has 0 saturated carbocycles. The van der Waals surface area contributed by atoms with Crippen molar-refractivity contribution in [3.63, 3.8) is 0 Å². The zero-order valence-corrected chi connectivity index (χ0v) is 15.9. The third kappa shape index (κ3) is 3.88. The maximum absolute atomic E-state index is 13.5. The fourth-order valence-corrected chi connectivity index (χ4v) is 3.81. The highest BCUT2D eigenvalue weighted by atomic mass is 32.2. The van der Waals surface area contributed by atoms with Gasteiger partial charge >= 0.3 is 0 Å². The Labute approximate surface area is 165 Å². The Morgan fingerprint density at radius 2 is 2.11 bits per heavy atom. The van der Waals surface area contributed by atoms with E-state index in [4.69, 9.17) is 14.2 Å². The molecule has 0 aliphatic carbocycles. The number of methoxy groups -OCH3 is 1. The van der Waals surface area contributed by atoms with Gasteiger partial charge in [0.05, 0.1) is 23.7 Å². The second-order valence-electron chi connectivity index (χ2n) is 6.05. The zero-order chi connectivity index (χ0) is 19.5. The van der Waals surface area contributed by atoms with Crippen molar-refractivity contribution >= 4 is 34.6 Å². The molecule has 2 aromatic carbocycles. The quantitative estimate of drug-likeness (QED) is 0.715. The van der Waals surface area contributed by atoms with E-state index in [1.54, 1.807) is 48.4 Å². The zero-order valence-electron chi connectivity index (χ0n) is 15.1. The lowest BCUT2D eigenvalue weighted by Gasteiger charge is -2.14. The molecule has 0 unspecified atom stereocenters. The number of hydrogen-bond donors (Lipinski definition) is 0. The summed E-state index contributed by atoms with van der Waals surface area (Å²) in [5.74, 6) is 0.748. The minimum atomic E-state index is -0.352. The molecule has 2 heterocycles. The number of benzene rings is 2. The first-order valence-electron chi connectivity index (χ1n) is 8.58. The molecule has 0 atom stereocenters. The van der Waals surface area contributed by atoms with E-state index in [9.17, 15) is 9.18 Å². The van der Waals surface area contributed by atoms with Crippen LogP contribution >= 0.6 is 11.8 Å². The summed E-state index contributed by atoms with van der Waals surface area (Å²) in [5, 5.41) is 0.531. The first-order valence-corrected chi connectivity index (χ1v) is 9.40. The highest BCUT2D eigenvalue weighted by Crippen LogP contribution is 2.38. The molecule has 2 aromatic rings. The van der Waals surface area contributed by atoms with Gasteiger partial charge in [0.1, 0.15) is 5.82 Å². The summed E-state index contributed by atoms with van der Waals surface area (Å²) in [5.41, 5.74) is 1.26. The summed E-state index contributed by atoms with van der Waals surface area (Å²) in [4.78, 5) is 19.5. The largest absolute Gasteiger partial charge is 0.454 e. The standard InChI is InChI=1S/C20H17FN2O4S/c1-25-8-7-23-19(24)18(10-13-3-2-4-14(21)9-13)28-20(23)22-15-5-6-16-17(11-15)27-12-26-16/h2-6,9-11H,7-8,12H2,1H3. The molecular weight excluding hydrogens is 383 g/mol. The van der Waals surface area contributed by atoms with E-state index in [-0.39, 0.29) is 18.5 Å². The van der Waals surface area contributed by atoms with Gasteiger partial charge in [-0.3, -0.25) is 9.69 Å². The molecule has 0 spiro atoms. The normalized spacial score (nSPS) is 18.5. The molecule has 4 rings (SSSR count). The van der Waals surface area contributed by atoms with Crippen LogP contribution in [0, 0.1) is 5.82 Å². The molecule has 0 radical (unpaired) electrons. The van der Waals surface area contributed by atoms with Gasteiger partial charge in [0.2, 0.25) is 6.79 Å². The third-order valence-electron chi connectivity index (χ3n) is 4.13. The van der Waals surface area contributed by atoms with Crippen LogP contribution in [-0.4, -0.2) is 43.0 Å². The number of thioether (sulfide) groups is 1. The number of fused-ring (bicyclic) bond motifs is 1. The van der Waals surface area contributed by atoms with E-state index >= 15 is 0 Å². The fourth-order valence-electron chi connectivity index (χ4n) is 2.78. The molecule has 28 heavy (non-hydrogen) atoms. The van der Waals surface area contributed by atoms with Crippen LogP contribution in [0.2, 0.25) is 0 Å². The van der Waals surface area contributed by atoms with Crippen LogP contribution < -0.4 is 9.47 Å². The van der Waals surface area contributed by atoms with Crippen LogP contribution in [0.4, 0.5) is 10.1 Å². The highest BCUT2D eigenvalue weighted by molar-refractivity contribution is 8.18. The van der Waals surface area contributed by atoms with Crippen molar-refractivity contribution in [2.75, 3.05) is 27.1 Å². The van der Waals surface area contributed by atoms with Crippen LogP contribution in [0.1, 0.15) is 5.56 Å². The Balaban J connectivity index is 1.65. The maximum Gasteiger partial charge on any atom is 0.266 e. The minimum Gasteiger partial charge on any atom is -0.454 e. The van der Waals surface area contributed by atoms with Gasteiger partial charge in [-0.25, -0.2) is 9.38 Å². The number of hydrogen-bond acceptors (Lipinski definition) is 6. The van der Waals surface area contributed by atoms with Crippen LogP contribution in [0.5, 0.6) is 11.5 Å². The van der Waals surface area contributed by atoms with E-state index < -0.39 is 0 Å². The molecule has 2 aliphatic rings. The predicted molar refractivity (Wildman–Crippen MR) is 105 cm³/mol. The Bertz CT molecular complexity index is 976. The molecule has 6 nitrogen and oxygen atoms in total. The molecular formula is C20H17FN2O4S. The molecule has 0 bridgehead atoms. The number of halogens is 1. The van der Waals surface area contributed by atoms with Crippen molar-refractivity contribution in [3.8, 4) is 11.5 Å². The molecule has 0 N–H and O–H groups in total. The molecule has 1 fully saturated rings. The lowest BCUT2D eigenvalue weighted by atomic mass is 10.2. The lowest BCUT2D eigenvalue weighted by Crippen LogP contribution is -2.32. The van der Waals surface area contributed by atoms with Gasteiger partial charge < -0.3 is 14.2 Å². The molecule has 144 valence electrons. The summed E-state index contributed by atoms with van der Waals surface area (Å²) < 4.78 is 29.3. The second-order valence-corrected chi connectivity index (χ2v) is 7.06. The highest BCUT2D eigenvalue weighted by Gasteiger charge is 2.33. The second kappa shape index (κ2) is 8.04. The Hall–Kier alpha value is -2.84. The van der Waals surface area contributed by atoms with Crippen molar-refractivity contribution in [1.29, 1.82) is 0 Å². The maximum atomic E-state index is 13.5. The topological polar surface area (TPSA) is 60.4 Å². The van der Waals surface area contributed by atoms with E-state index in [1.807, 2.05) is 0 Å². The van der Waals surface area contributed by atoms with E-state index in [1.165, 1.54) is 23.9 Å². The summed E-state index contributed by atoms with van der Waals surface area (Å²) in [7, 11) is 1.58. The first kappa shape index (κ1) is 18.5. The Morgan fingerprint density at radius 3 is 2.93 bits per heavy atom. The molecule has 8 heteroatoms. The average molecular weight is 400 g/mol. The lowest BCUT2D eigenvalue weighted by molar-refractivity contribution is -0.122. The van der Waals surface area contributed by atoms with Crippen molar-refractivity contribution in [3.05, 3.63) is 58.8 Å². The number of rotatable bonds is 5. The Kier molecular flexibility index (Phi) is 5.31. The van der Waals surface area contributed by atoms with Crippen molar-refractivity contribution in [1.82, 2.24) is 4.90 Å². The number of amidine groups is 1. The van der Waals surface area contributed by atoms with E-state index in [0.717, 1.165) is 0 Å². The third-order valence-corrected chi connectivity index (χ3v) is 5.14. The molecule has 1 amide bonds. The SMILES string of the molecule is COCCN1C(=O)C(=Cc2cccc(F)c2)SC1=Nc1ccc2c(c1)OCO2. The summed E-state index contributed by atoms with van der Waals surface area (Å²) >= 11 is 1.24. The van der Waals surface area contributed by atoms with E-state index in [0.29, 0.717) is 46.0 Å². The van der Waals surface area contributed by atoms with Crippen LogP contribution in [0.15, 0.2) is 52.4 Å². The predicted octanol–water partition coefficient (Wildman–Crippen LogP) is 3.80. The summed E-state index contributed by atoms with van der Waals surface area (Å²) in [6, 6.07) is 11.5. The van der Waals surface area contributed by atoms with Gasteiger partial charge in [-0.05, 0) is 47.7 Å². The molecule has 0 aromatic heterocycles. The number of carbonyl (C=O) groups excluding carboxylic acids is 1. The number of amides is 1. The number of nitrogens with zero attached hydrogens (tertiary/aromatic N) is 2. The van der Waals surface area contributed by atoms with Gasteiger partial charge in [0.15, 0.2) is 16.7 Å². The van der Waals surface area contributed by atoms with Crippen molar-refractivity contribution in [2.24, 2.45) is 4.99 Å². The minimum absolute atomic E-state index is 0.184. The fraction of sp³-hybridized carbons (Fsp3) is 0.200. The van der Waals surface area contributed by atoms with Gasteiger partial charge in [-0.1, -0.05) is 12.1 Å². The summed E-state index contributed by atoms with van der Waals surface area (Å²) in [6.45, 7) is 0.926. The summed E-state index contributed by atoms with van der Waals surface area (Å²) in [6.07, 6.45) is 1.66. The first-order chi connectivity index (χ1) is 13.6. The Morgan fingerprint density at radius 1 is 1.25 bits per heavy atom. The molecule has 2 aliphatic heterocycles. The van der Waals surface area contributed by atoms with Gasteiger partial charge in [-0.2, -0.15) is 0 Å². The van der Waals surface area contributed by atoms with Crippen LogP contribution in [0.25, 0.3) is 6.08 Å². The van der Waals surface area contributed by atoms with Crippen LogP contribution in [0.3, 0.4) is 0 Å². The van der Waals surface area contributed by atoms with Crippen LogP contribution in [-0.2, 0) is 9.53 Å². The number of carbonyl (C=O) groups is 1. The average Bonchev–Trinajstić information content (AvgIpc) is 3.25. The smallest absolute Gasteiger partial charge is 0.266 e. The molecule has 1 saturated heterocycles. The van der Waals surface area contributed by atoms with Gasteiger partial charge in [-0.15, -0.1) is 0 Å². The van der Waals surface area contributed by atoms with Gasteiger partial charge in [0.25, 0.3) is 5.91 Å². The van der Waals surface area contributed by atoms with Crippen molar-refractivity contribution in [2.45, 2.75) is 0 Å².